The van der Waals surface area contributed by atoms with Crippen molar-refractivity contribution in [3.05, 3.63) is 22.8 Å². The summed E-state index contributed by atoms with van der Waals surface area (Å²) in [5.41, 5.74) is 1.82. The molecule has 0 aromatic rings. The van der Waals surface area contributed by atoms with E-state index in [1.807, 2.05) is 6.92 Å². The molecule has 3 saturated carbocycles. The highest BCUT2D eigenvalue weighted by atomic mass is 16.8. The molecule has 66 heavy (non-hydrogen) atoms. The number of carbonyl (C=O) groups excluding carboxylic acids is 1. The second-order valence-corrected chi connectivity index (χ2v) is 20.8. The number of fused-ring (bicyclic) bond motifs is 5. The SMILES string of the molecule is CC1=C(CO)C(=O)OC(C(C)C2CCC3C4CC=C5CC(OC6OC(COC7OC(CO)C(OC8OC(CO)C(O)C(O)C8O)C(O)C7O)C(O)C(O)C6O)CC(O)C5(C)C4CCC23C)C1. The first kappa shape index (κ1) is 50.6. The highest BCUT2D eigenvalue weighted by molar-refractivity contribution is 5.90. The Labute approximate surface area is 383 Å². The van der Waals surface area contributed by atoms with Gasteiger partial charge in [0, 0.05) is 18.3 Å². The molecule has 0 amide bonds. The van der Waals surface area contributed by atoms with Crippen LogP contribution in [0, 0.1) is 40.4 Å². The van der Waals surface area contributed by atoms with E-state index in [2.05, 4.69) is 26.8 Å². The van der Waals surface area contributed by atoms with Crippen molar-refractivity contribution in [3.8, 4) is 0 Å². The first-order valence-corrected chi connectivity index (χ1v) is 23.7. The van der Waals surface area contributed by atoms with Crippen LogP contribution in [0.2, 0.25) is 0 Å². The molecule has 0 aromatic carbocycles. The lowest BCUT2D eigenvalue weighted by atomic mass is 9.46. The van der Waals surface area contributed by atoms with Gasteiger partial charge >= 0.3 is 5.97 Å². The fraction of sp³-hybridized carbons (Fsp3) is 0.891. The molecule has 4 aliphatic heterocycles. The van der Waals surface area contributed by atoms with Crippen LogP contribution in [-0.4, -0.2) is 204 Å². The van der Waals surface area contributed by atoms with Crippen LogP contribution in [0.4, 0.5) is 0 Å². The van der Waals surface area contributed by atoms with Crippen molar-refractivity contribution in [2.45, 2.75) is 189 Å². The Hall–Kier alpha value is -1.77. The second kappa shape index (κ2) is 19.8. The van der Waals surface area contributed by atoms with E-state index >= 15 is 0 Å². The van der Waals surface area contributed by atoms with E-state index < -0.39 is 136 Å². The summed E-state index contributed by atoms with van der Waals surface area (Å²) >= 11 is 0. The van der Waals surface area contributed by atoms with Gasteiger partial charge < -0.3 is 94.4 Å². The molecule has 376 valence electrons. The lowest BCUT2D eigenvalue weighted by molar-refractivity contribution is -0.365. The van der Waals surface area contributed by atoms with Crippen LogP contribution in [0.15, 0.2) is 22.8 Å². The summed E-state index contributed by atoms with van der Waals surface area (Å²) in [6.07, 6.45) is -18.0. The maximum atomic E-state index is 12.7. The Bertz CT molecular complexity index is 1780. The lowest BCUT2D eigenvalue weighted by Gasteiger charge is -2.60. The van der Waals surface area contributed by atoms with E-state index in [1.165, 1.54) is 0 Å². The molecule has 8 aliphatic rings. The molecule has 6 fully saturated rings. The van der Waals surface area contributed by atoms with Gasteiger partial charge in [-0.05, 0) is 80.5 Å². The summed E-state index contributed by atoms with van der Waals surface area (Å²) in [5.74, 6) is 1.06. The Morgan fingerprint density at radius 3 is 2.00 bits per heavy atom. The van der Waals surface area contributed by atoms with Gasteiger partial charge in [-0.15, -0.1) is 0 Å². The number of ether oxygens (including phenoxy) is 7. The summed E-state index contributed by atoms with van der Waals surface area (Å²) in [5, 5.41) is 127. The van der Waals surface area contributed by atoms with Crippen molar-refractivity contribution in [2.75, 3.05) is 26.4 Å². The summed E-state index contributed by atoms with van der Waals surface area (Å²) in [7, 11) is 0. The molecule has 8 rings (SSSR count). The third-order valence-electron chi connectivity index (χ3n) is 17.5. The van der Waals surface area contributed by atoms with Crippen LogP contribution in [0.3, 0.4) is 0 Å². The molecule has 25 atom stereocenters. The van der Waals surface area contributed by atoms with Gasteiger partial charge in [-0.25, -0.2) is 4.79 Å². The van der Waals surface area contributed by atoms with Crippen molar-refractivity contribution >= 4 is 5.97 Å². The van der Waals surface area contributed by atoms with Crippen molar-refractivity contribution in [1.29, 1.82) is 0 Å². The van der Waals surface area contributed by atoms with Crippen molar-refractivity contribution in [2.24, 2.45) is 40.4 Å². The standard InChI is InChI=1S/C46H72O20/c1-18-11-27(62-41(59)23(18)14-47)19(2)24-7-8-25-22-6-5-20-12-21(13-31(50)46(20,4)26(22)9-10-45(24,25)3)61-43-37(56)35(54)33(52)30(65-43)17-60-42-39(58)36(55)40(29(16-49)64-42)66-44-38(57)34(53)32(51)28(15-48)63-44/h5,19,21-22,24-40,42-44,47-58H,6-17H2,1-4H3. The molecule has 20 nitrogen and oxygen atoms in total. The van der Waals surface area contributed by atoms with Crippen LogP contribution in [0.1, 0.15) is 79.1 Å². The largest absolute Gasteiger partial charge is 0.458 e. The van der Waals surface area contributed by atoms with Gasteiger partial charge in [-0.2, -0.15) is 0 Å². The maximum Gasteiger partial charge on any atom is 0.336 e. The number of cyclic esters (lactones) is 1. The molecule has 4 aliphatic carbocycles. The summed E-state index contributed by atoms with van der Waals surface area (Å²) in [4.78, 5) is 12.7. The highest BCUT2D eigenvalue weighted by Gasteiger charge is 2.62. The van der Waals surface area contributed by atoms with Gasteiger partial charge in [-0.1, -0.05) is 38.0 Å². The number of carbonyl (C=O) groups is 1. The van der Waals surface area contributed by atoms with Gasteiger partial charge in [0.05, 0.1) is 44.2 Å². The first-order chi connectivity index (χ1) is 31.3. The number of aliphatic hydroxyl groups excluding tert-OH is 12. The molecule has 4 heterocycles. The molecule has 0 bridgehead atoms. The van der Waals surface area contributed by atoms with Crippen LogP contribution >= 0.6 is 0 Å². The highest BCUT2D eigenvalue weighted by Crippen LogP contribution is 2.67. The average molecular weight is 945 g/mol. The summed E-state index contributed by atoms with van der Waals surface area (Å²) in [6.45, 7) is 6.21. The molecule has 0 radical (unpaired) electrons. The summed E-state index contributed by atoms with van der Waals surface area (Å²) in [6, 6.07) is 0. The van der Waals surface area contributed by atoms with Crippen LogP contribution in [-0.2, 0) is 38.0 Å². The zero-order valence-electron chi connectivity index (χ0n) is 38.0. The first-order valence-electron chi connectivity index (χ1n) is 23.7. The van der Waals surface area contributed by atoms with E-state index in [-0.39, 0.29) is 36.4 Å². The smallest absolute Gasteiger partial charge is 0.336 e. The van der Waals surface area contributed by atoms with Gasteiger partial charge in [0.2, 0.25) is 0 Å². The number of rotatable bonds is 12. The van der Waals surface area contributed by atoms with E-state index in [4.69, 9.17) is 33.2 Å². The van der Waals surface area contributed by atoms with Crippen molar-refractivity contribution in [3.63, 3.8) is 0 Å². The minimum absolute atomic E-state index is 0.0324. The Kier molecular flexibility index (Phi) is 15.2. The zero-order valence-corrected chi connectivity index (χ0v) is 38.0. The lowest BCUT2D eigenvalue weighted by Crippen LogP contribution is -2.65. The van der Waals surface area contributed by atoms with E-state index in [9.17, 15) is 66.1 Å². The van der Waals surface area contributed by atoms with Crippen LogP contribution in [0.5, 0.6) is 0 Å². The Morgan fingerprint density at radius 1 is 0.727 bits per heavy atom. The minimum Gasteiger partial charge on any atom is -0.458 e. The molecule has 25 unspecified atom stereocenters. The fourth-order valence-electron chi connectivity index (χ4n) is 13.5. The molecule has 0 aromatic heterocycles. The monoisotopic (exact) mass is 944 g/mol. The van der Waals surface area contributed by atoms with Gasteiger partial charge in [0.25, 0.3) is 0 Å². The Morgan fingerprint density at radius 2 is 1.35 bits per heavy atom. The van der Waals surface area contributed by atoms with Gasteiger partial charge in [0.1, 0.15) is 79.4 Å². The molecular formula is C46H72O20. The quantitative estimate of drug-likeness (QED) is 0.0719. The van der Waals surface area contributed by atoms with Crippen LogP contribution < -0.4 is 0 Å². The second-order valence-electron chi connectivity index (χ2n) is 20.8. The summed E-state index contributed by atoms with van der Waals surface area (Å²) < 4.78 is 40.5. The van der Waals surface area contributed by atoms with E-state index in [1.54, 1.807) is 0 Å². The number of esters is 1. The van der Waals surface area contributed by atoms with E-state index in [0.29, 0.717) is 36.2 Å². The molecular weight excluding hydrogens is 872 g/mol. The van der Waals surface area contributed by atoms with Gasteiger partial charge in [-0.3, -0.25) is 0 Å². The van der Waals surface area contributed by atoms with Crippen molar-refractivity contribution in [1.82, 2.24) is 0 Å². The van der Waals surface area contributed by atoms with Crippen molar-refractivity contribution < 1.29 is 99.2 Å². The number of hydrogen-bond donors (Lipinski definition) is 12. The number of allylic oxidation sites excluding steroid dienone is 1. The predicted molar refractivity (Wildman–Crippen MR) is 224 cm³/mol. The normalized spacial score (nSPS) is 51.3. The fourth-order valence-corrected chi connectivity index (χ4v) is 13.5. The van der Waals surface area contributed by atoms with Crippen LogP contribution in [0.25, 0.3) is 0 Å². The molecule has 0 spiro atoms. The third-order valence-corrected chi connectivity index (χ3v) is 17.5. The number of aliphatic hydroxyl groups is 12. The molecule has 20 heteroatoms. The van der Waals surface area contributed by atoms with E-state index in [0.717, 1.165) is 43.3 Å². The number of hydrogen-bond acceptors (Lipinski definition) is 20. The average Bonchev–Trinajstić information content (AvgIpc) is 3.65. The zero-order chi connectivity index (χ0) is 47.7. The Balaban J connectivity index is 0.883. The van der Waals surface area contributed by atoms with Gasteiger partial charge in [0.15, 0.2) is 18.9 Å². The minimum atomic E-state index is -1.87. The topological polar surface area (TPSA) is 324 Å². The maximum absolute atomic E-state index is 12.7. The molecule has 12 N–H and O–H groups in total. The molecule has 3 saturated heterocycles. The predicted octanol–water partition coefficient (Wildman–Crippen LogP) is -2.37. The third kappa shape index (κ3) is 8.76.